The van der Waals surface area contributed by atoms with Gasteiger partial charge in [-0.1, -0.05) is 11.8 Å². The molecule has 78 valence electrons. The van der Waals surface area contributed by atoms with Crippen LogP contribution >= 0.6 is 19.4 Å². The smallest absolute Gasteiger partial charge is 0.308 e. The van der Waals surface area contributed by atoms with Gasteiger partial charge < -0.3 is 9.05 Å². The molecule has 0 saturated carbocycles. The van der Waals surface area contributed by atoms with E-state index in [2.05, 4.69) is 0 Å². The minimum atomic E-state index is -3.03. The van der Waals surface area contributed by atoms with Gasteiger partial charge in [0, 0.05) is 6.92 Å². The monoisotopic (exact) mass is 226 g/mol. The molecule has 6 heteroatoms. The summed E-state index contributed by atoms with van der Waals surface area (Å²) >= 11 is 0.966. The van der Waals surface area contributed by atoms with Crippen molar-refractivity contribution in [3.63, 3.8) is 0 Å². The molecule has 0 atom stereocenters. The van der Waals surface area contributed by atoms with E-state index in [-0.39, 0.29) is 10.6 Å². The molecule has 0 fully saturated rings. The highest BCUT2D eigenvalue weighted by Gasteiger charge is 2.24. The highest BCUT2D eigenvalue weighted by atomic mass is 32.2. The SMILES string of the molecule is CCOP(=O)(CSC(C)=O)OCC. The minimum Gasteiger partial charge on any atom is -0.308 e. The summed E-state index contributed by atoms with van der Waals surface area (Å²) < 4.78 is 21.7. The molecule has 0 unspecified atom stereocenters. The van der Waals surface area contributed by atoms with Crippen molar-refractivity contribution in [3.8, 4) is 0 Å². The summed E-state index contributed by atoms with van der Waals surface area (Å²) in [6.45, 7) is 5.56. The standard InChI is InChI=1S/C7H15O4PS/c1-4-10-12(9,11-5-2)6-13-7(3)8/h4-6H2,1-3H3. The van der Waals surface area contributed by atoms with Gasteiger partial charge in [-0.15, -0.1) is 0 Å². The molecule has 4 nitrogen and oxygen atoms in total. The number of thioether (sulfide) groups is 1. The van der Waals surface area contributed by atoms with E-state index in [1.54, 1.807) is 13.8 Å². The van der Waals surface area contributed by atoms with Crippen LogP contribution < -0.4 is 0 Å². The van der Waals surface area contributed by atoms with Crippen LogP contribution in [0.2, 0.25) is 0 Å². The molecule has 0 aromatic rings. The van der Waals surface area contributed by atoms with Crippen molar-refractivity contribution in [1.82, 2.24) is 0 Å². The molecular weight excluding hydrogens is 211 g/mol. The van der Waals surface area contributed by atoms with Gasteiger partial charge in [-0.3, -0.25) is 9.36 Å². The zero-order valence-electron chi connectivity index (χ0n) is 8.11. The van der Waals surface area contributed by atoms with Crippen LogP contribution in [0.1, 0.15) is 20.8 Å². The summed E-state index contributed by atoms with van der Waals surface area (Å²) in [5.74, 6) is 0. The normalized spacial score (nSPS) is 11.6. The van der Waals surface area contributed by atoms with Crippen molar-refractivity contribution in [1.29, 1.82) is 0 Å². The van der Waals surface area contributed by atoms with E-state index < -0.39 is 7.60 Å². The maximum absolute atomic E-state index is 11.7. The number of hydrogen-bond acceptors (Lipinski definition) is 5. The van der Waals surface area contributed by atoms with Crippen molar-refractivity contribution in [3.05, 3.63) is 0 Å². The van der Waals surface area contributed by atoms with E-state index in [4.69, 9.17) is 9.05 Å². The summed E-state index contributed by atoms with van der Waals surface area (Å²) in [7, 11) is -3.03. The number of rotatable bonds is 6. The van der Waals surface area contributed by atoms with E-state index >= 15 is 0 Å². The van der Waals surface area contributed by atoms with Gasteiger partial charge in [-0.25, -0.2) is 0 Å². The van der Waals surface area contributed by atoms with Gasteiger partial charge in [0.2, 0.25) is 0 Å². The molecular formula is C7H15O4PS. The Morgan fingerprint density at radius 2 is 1.77 bits per heavy atom. The van der Waals surface area contributed by atoms with Gasteiger partial charge in [0.15, 0.2) is 5.12 Å². The molecule has 0 amide bonds. The van der Waals surface area contributed by atoms with Gasteiger partial charge in [0.05, 0.1) is 13.2 Å². The first kappa shape index (κ1) is 13.2. The zero-order valence-corrected chi connectivity index (χ0v) is 9.82. The third-order valence-electron chi connectivity index (χ3n) is 1.08. The highest BCUT2D eigenvalue weighted by molar-refractivity contribution is 8.17. The van der Waals surface area contributed by atoms with Gasteiger partial charge in [-0.2, -0.15) is 0 Å². The van der Waals surface area contributed by atoms with Crippen LogP contribution in [0.5, 0.6) is 0 Å². The van der Waals surface area contributed by atoms with Gasteiger partial charge in [-0.05, 0) is 13.8 Å². The quantitative estimate of drug-likeness (QED) is 0.651. The predicted octanol–water partition coefficient (Wildman–Crippen LogP) is 2.49. The van der Waals surface area contributed by atoms with Crippen LogP contribution in [0.3, 0.4) is 0 Å². The topological polar surface area (TPSA) is 52.6 Å². The van der Waals surface area contributed by atoms with Gasteiger partial charge in [0.1, 0.15) is 5.49 Å². The molecule has 0 heterocycles. The Bertz CT molecular complexity index is 197. The molecule has 0 aliphatic carbocycles. The summed E-state index contributed by atoms with van der Waals surface area (Å²) in [5.41, 5.74) is 0.101. The molecule has 0 aliphatic heterocycles. The van der Waals surface area contributed by atoms with E-state index in [0.717, 1.165) is 11.8 Å². The van der Waals surface area contributed by atoms with Crippen LogP contribution in [0.25, 0.3) is 0 Å². The van der Waals surface area contributed by atoms with Crippen molar-refractivity contribution in [2.24, 2.45) is 0 Å². The molecule has 0 aromatic heterocycles. The second-order valence-corrected chi connectivity index (χ2v) is 5.85. The summed E-state index contributed by atoms with van der Waals surface area (Å²) in [6, 6.07) is 0. The molecule has 0 aromatic carbocycles. The van der Waals surface area contributed by atoms with Crippen LogP contribution in [0, 0.1) is 0 Å². The maximum Gasteiger partial charge on any atom is 0.340 e. The minimum absolute atomic E-state index is 0.0837. The first-order chi connectivity index (χ1) is 6.04. The van der Waals surface area contributed by atoms with Crippen LogP contribution in [-0.4, -0.2) is 23.8 Å². The molecule has 0 radical (unpaired) electrons. The Hall–Kier alpha value is 0.170. The second kappa shape index (κ2) is 6.60. The lowest BCUT2D eigenvalue weighted by atomic mass is 10.9. The van der Waals surface area contributed by atoms with E-state index in [1.165, 1.54) is 6.92 Å². The largest absolute Gasteiger partial charge is 0.340 e. The molecule has 0 bridgehead atoms. The molecule has 0 rings (SSSR count). The van der Waals surface area contributed by atoms with Crippen LogP contribution in [0.15, 0.2) is 0 Å². The lowest BCUT2D eigenvalue weighted by Gasteiger charge is -2.15. The zero-order chi connectivity index (χ0) is 10.3. The number of carbonyl (C=O) groups excluding carboxylic acids is 1. The average Bonchev–Trinajstić information content (AvgIpc) is 2.02. The Morgan fingerprint density at radius 1 is 1.31 bits per heavy atom. The van der Waals surface area contributed by atoms with Crippen molar-refractivity contribution in [2.75, 3.05) is 18.7 Å². The summed E-state index contributed by atoms with van der Waals surface area (Å²) in [6.07, 6.45) is 0. The van der Waals surface area contributed by atoms with Crippen molar-refractivity contribution in [2.45, 2.75) is 20.8 Å². The van der Waals surface area contributed by atoms with E-state index in [0.29, 0.717) is 13.2 Å². The van der Waals surface area contributed by atoms with E-state index in [1.807, 2.05) is 0 Å². The van der Waals surface area contributed by atoms with Crippen molar-refractivity contribution >= 4 is 24.5 Å². The first-order valence-corrected chi connectivity index (χ1v) is 6.77. The highest BCUT2D eigenvalue weighted by Crippen LogP contribution is 2.50. The molecule has 0 saturated heterocycles. The summed E-state index contributed by atoms with van der Waals surface area (Å²) in [4.78, 5) is 10.6. The fourth-order valence-corrected chi connectivity index (χ4v) is 3.49. The third kappa shape index (κ3) is 6.27. The average molecular weight is 226 g/mol. The summed E-state index contributed by atoms with van der Waals surface area (Å²) in [5, 5.41) is -0.0837. The molecule has 13 heavy (non-hydrogen) atoms. The third-order valence-corrected chi connectivity index (χ3v) is 4.57. The van der Waals surface area contributed by atoms with Crippen molar-refractivity contribution < 1.29 is 18.4 Å². The Labute approximate surface area is 82.9 Å². The lowest BCUT2D eigenvalue weighted by Crippen LogP contribution is -1.99. The fraction of sp³-hybridized carbons (Fsp3) is 0.857. The second-order valence-electron chi connectivity index (χ2n) is 2.21. The van der Waals surface area contributed by atoms with Gasteiger partial charge >= 0.3 is 7.60 Å². The van der Waals surface area contributed by atoms with Crippen LogP contribution in [-0.2, 0) is 18.4 Å². The van der Waals surface area contributed by atoms with E-state index in [9.17, 15) is 9.36 Å². The number of carbonyl (C=O) groups is 1. The molecule has 0 aliphatic rings. The number of hydrogen-bond donors (Lipinski definition) is 0. The Morgan fingerprint density at radius 3 is 2.08 bits per heavy atom. The lowest BCUT2D eigenvalue weighted by molar-refractivity contribution is -0.109. The predicted molar refractivity (Wildman–Crippen MR) is 54.0 cm³/mol. The maximum atomic E-state index is 11.7. The Balaban J connectivity index is 4.07. The molecule has 0 N–H and O–H groups in total. The first-order valence-electron chi connectivity index (χ1n) is 4.05. The fourth-order valence-electron chi connectivity index (χ4n) is 0.675. The molecule has 0 spiro atoms. The van der Waals surface area contributed by atoms with Gasteiger partial charge in [0.25, 0.3) is 0 Å². The van der Waals surface area contributed by atoms with Crippen LogP contribution in [0.4, 0.5) is 0 Å². The Kier molecular flexibility index (Phi) is 6.68.